The van der Waals surface area contributed by atoms with E-state index in [9.17, 15) is 19.5 Å². The number of carbonyl (C=O) groups excluding carboxylic acids is 3. The number of hydrogen-bond acceptors (Lipinski definition) is 7. The summed E-state index contributed by atoms with van der Waals surface area (Å²) in [6, 6.07) is 4.10. The number of fused-ring (bicyclic) bond motifs is 1. The number of carbonyl (C=O) groups is 3. The molecule has 4 N–H and O–H groups in total. The molecular formula is C20H22N2O6S. The third kappa shape index (κ3) is 4.51. The molecule has 0 unspecified atom stereocenters. The number of thiophene rings is 1. The van der Waals surface area contributed by atoms with Gasteiger partial charge in [0, 0.05) is 10.9 Å². The molecule has 9 heteroatoms. The Morgan fingerprint density at radius 3 is 2.76 bits per heavy atom. The van der Waals surface area contributed by atoms with Crippen LogP contribution in [-0.4, -0.2) is 36.6 Å². The first-order valence-corrected chi connectivity index (χ1v) is 9.90. The summed E-state index contributed by atoms with van der Waals surface area (Å²) in [4.78, 5) is 37.3. The Hall–Kier alpha value is -3.07. The summed E-state index contributed by atoms with van der Waals surface area (Å²) in [5.41, 5.74) is 6.68. The summed E-state index contributed by atoms with van der Waals surface area (Å²) in [5.74, 6) is -1.47. The van der Waals surface area contributed by atoms with Gasteiger partial charge in [-0.3, -0.25) is 9.59 Å². The van der Waals surface area contributed by atoms with Crippen molar-refractivity contribution >= 4 is 34.1 Å². The number of rotatable bonds is 6. The van der Waals surface area contributed by atoms with Crippen LogP contribution in [0.25, 0.3) is 0 Å². The number of methoxy groups -OCH3 is 1. The Morgan fingerprint density at radius 1 is 1.34 bits per heavy atom. The average Bonchev–Trinajstić information content (AvgIpc) is 3.02. The SMILES string of the molecule is COc1ccc(C(=O)OCC(=O)Nc2sc3c(c2C(N)=O)CC[C@@H](C)C3)c(O)c1. The van der Waals surface area contributed by atoms with Crippen molar-refractivity contribution in [3.05, 3.63) is 39.8 Å². The van der Waals surface area contributed by atoms with Crippen LogP contribution in [0.3, 0.4) is 0 Å². The van der Waals surface area contributed by atoms with Gasteiger partial charge in [0.1, 0.15) is 22.1 Å². The van der Waals surface area contributed by atoms with Crippen molar-refractivity contribution in [1.29, 1.82) is 0 Å². The van der Waals surface area contributed by atoms with E-state index in [1.165, 1.54) is 36.6 Å². The highest BCUT2D eigenvalue weighted by molar-refractivity contribution is 7.17. The van der Waals surface area contributed by atoms with E-state index in [0.717, 1.165) is 29.7 Å². The molecule has 3 rings (SSSR count). The molecule has 1 aromatic carbocycles. The minimum Gasteiger partial charge on any atom is -0.507 e. The predicted molar refractivity (Wildman–Crippen MR) is 108 cm³/mol. The van der Waals surface area contributed by atoms with Gasteiger partial charge in [-0.2, -0.15) is 0 Å². The number of esters is 1. The highest BCUT2D eigenvalue weighted by Gasteiger charge is 2.27. The molecule has 0 radical (unpaired) electrons. The van der Waals surface area contributed by atoms with Crippen LogP contribution in [-0.2, 0) is 22.4 Å². The number of anilines is 1. The van der Waals surface area contributed by atoms with E-state index in [2.05, 4.69) is 12.2 Å². The molecule has 29 heavy (non-hydrogen) atoms. The molecule has 1 aromatic heterocycles. The maximum atomic E-state index is 12.3. The molecule has 0 bridgehead atoms. The van der Waals surface area contributed by atoms with Crippen molar-refractivity contribution in [2.24, 2.45) is 11.7 Å². The number of nitrogens with two attached hydrogens (primary N) is 1. The molecule has 1 heterocycles. The van der Waals surface area contributed by atoms with Crippen LogP contribution in [0.4, 0.5) is 5.00 Å². The van der Waals surface area contributed by atoms with Gasteiger partial charge in [0.15, 0.2) is 6.61 Å². The summed E-state index contributed by atoms with van der Waals surface area (Å²) in [5, 5.41) is 12.9. The van der Waals surface area contributed by atoms with Gasteiger partial charge in [-0.1, -0.05) is 6.92 Å². The fourth-order valence-electron chi connectivity index (χ4n) is 3.28. The summed E-state index contributed by atoms with van der Waals surface area (Å²) in [6.07, 6.45) is 2.54. The fraction of sp³-hybridized carbons (Fsp3) is 0.350. The van der Waals surface area contributed by atoms with Crippen LogP contribution in [0.2, 0.25) is 0 Å². The number of phenols is 1. The highest BCUT2D eigenvalue weighted by atomic mass is 32.1. The third-order valence-corrected chi connectivity index (χ3v) is 5.94. The monoisotopic (exact) mass is 418 g/mol. The van der Waals surface area contributed by atoms with Crippen molar-refractivity contribution < 1.29 is 29.0 Å². The molecule has 8 nitrogen and oxygen atoms in total. The molecule has 0 fully saturated rings. The number of hydrogen-bond donors (Lipinski definition) is 3. The number of nitrogens with one attached hydrogen (secondary N) is 1. The lowest BCUT2D eigenvalue weighted by atomic mass is 9.88. The summed E-state index contributed by atoms with van der Waals surface area (Å²) in [6.45, 7) is 1.57. The largest absolute Gasteiger partial charge is 0.507 e. The average molecular weight is 418 g/mol. The lowest BCUT2D eigenvalue weighted by molar-refractivity contribution is -0.119. The van der Waals surface area contributed by atoms with Crippen LogP contribution < -0.4 is 15.8 Å². The second kappa shape index (κ2) is 8.52. The molecule has 1 atom stereocenters. The van der Waals surface area contributed by atoms with Crippen LogP contribution in [0.15, 0.2) is 18.2 Å². The lowest BCUT2D eigenvalue weighted by Gasteiger charge is -2.18. The van der Waals surface area contributed by atoms with E-state index in [1.54, 1.807) is 0 Å². The molecular weight excluding hydrogens is 396 g/mol. The zero-order valence-corrected chi connectivity index (χ0v) is 16.9. The second-order valence-corrected chi connectivity index (χ2v) is 8.03. The Kier molecular flexibility index (Phi) is 6.07. The van der Waals surface area contributed by atoms with Crippen LogP contribution in [0.5, 0.6) is 11.5 Å². The van der Waals surface area contributed by atoms with Gasteiger partial charge >= 0.3 is 5.97 Å². The van der Waals surface area contributed by atoms with Gasteiger partial charge in [0.05, 0.1) is 12.7 Å². The number of aromatic hydroxyl groups is 1. The van der Waals surface area contributed by atoms with Crippen molar-refractivity contribution in [2.45, 2.75) is 26.2 Å². The zero-order chi connectivity index (χ0) is 21.1. The van der Waals surface area contributed by atoms with Crippen molar-refractivity contribution in [3.8, 4) is 11.5 Å². The Morgan fingerprint density at radius 2 is 2.10 bits per heavy atom. The van der Waals surface area contributed by atoms with Gasteiger partial charge in [-0.05, 0) is 42.9 Å². The topological polar surface area (TPSA) is 128 Å². The normalized spacial score (nSPS) is 15.3. The fourth-order valence-corrected chi connectivity index (χ4v) is 4.71. The first-order valence-electron chi connectivity index (χ1n) is 9.08. The molecule has 1 aliphatic carbocycles. The van der Waals surface area contributed by atoms with E-state index in [0.29, 0.717) is 22.2 Å². The maximum Gasteiger partial charge on any atom is 0.342 e. The molecule has 0 aliphatic heterocycles. The molecule has 1 aliphatic rings. The summed E-state index contributed by atoms with van der Waals surface area (Å²) in [7, 11) is 1.43. The number of ether oxygens (including phenoxy) is 2. The molecule has 2 amide bonds. The summed E-state index contributed by atoms with van der Waals surface area (Å²) < 4.78 is 9.93. The highest BCUT2D eigenvalue weighted by Crippen LogP contribution is 2.39. The van der Waals surface area contributed by atoms with Gasteiger partial charge < -0.3 is 25.6 Å². The minimum atomic E-state index is -0.852. The molecule has 154 valence electrons. The van der Waals surface area contributed by atoms with Gasteiger partial charge in [0.2, 0.25) is 0 Å². The van der Waals surface area contributed by atoms with Crippen molar-refractivity contribution in [1.82, 2.24) is 0 Å². The Balaban J connectivity index is 1.67. The van der Waals surface area contributed by atoms with E-state index >= 15 is 0 Å². The van der Waals surface area contributed by atoms with E-state index in [-0.39, 0.29) is 11.3 Å². The standard InChI is InChI=1S/C20H22N2O6S/c1-10-3-5-13-15(7-10)29-19(17(13)18(21)25)22-16(24)9-28-20(26)12-6-4-11(27-2)8-14(12)23/h4,6,8,10,23H,3,5,7,9H2,1-2H3,(H2,21,25)(H,22,24)/t10-/m1/s1. The first-order chi connectivity index (χ1) is 13.8. The third-order valence-electron chi connectivity index (χ3n) is 4.77. The molecule has 0 spiro atoms. The smallest absolute Gasteiger partial charge is 0.342 e. The van der Waals surface area contributed by atoms with E-state index in [4.69, 9.17) is 15.2 Å². The van der Waals surface area contributed by atoms with Crippen LogP contribution >= 0.6 is 11.3 Å². The lowest BCUT2D eigenvalue weighted by Crippen LogP contribution is -2.23. The maximum absolute atomic E-state index is 12.3. The Labute approximate surface area is 171 Å². The van der Waals surface area contributed by atoms with Crippen molar-refractivity contribution in [2.75, 3.05) is 19.0 Å². The number of primary amides is 1. The molecule has 2 aromatic rings. The number of benzene rings is 1. The van der Waals surface area contributed by atoms with Crippen LogP contribution in [0.1, 0.15) is 44.5 Å². The predicted octanol–water partition coefficient (Wildman–Crippen LogP) is 2.48. The molecule has 0 saturated carbocycles. The molecule has 0 saturated heterocycles. The Bertz CT molecular complexity index is 968. The first kappa shape index (κ1) is 20.7. The number of phenolic OH excluding ortho intramolecular Hbond substituents is 1. The minimum absolute atomic E-state index is 0.0861. The van der Waals surface area contributed by atoms with Crippen molar-refractivity contribution in [3.63, 3.8) is 0 Å². The van der Waals surface area contributed by atoms with Gasteiger partial charge in [-0.15, -0.1) is 11.3 Å². The van der Waals surface area contributed by atoms with E-state index < -0.39 is 24.4 Å². The van der Waals surface area contributed by atoms with Gasteiger partial charge in [-0.25, -0.2) is 4.79 Å². The van der Waals surface area contributed by atoms with Crippen LogP contribution in [0, 0.1) is 5.92 Å². The zero-order valence-electron chi connectivity index (χ0n) is 16.1. The second-order valence-electron chi connectivity index (χ2n) is 6.93. The summed E-state index contributed by atoms with van der Waals surface area (Å²) >= 11 is 1.33. The number of amides is 2. The van der Waals surface area contributed by atoms with E-state index in [1.807, 2.05) is 0 Å². The quantitative estimate of drug-likeness (QED) is 0.619. The van der Waals surface area contributed by atoms with Gasteiger partial charge in [0.25, 0.3) is 11.8 Å².